The predicted octanol–water partition coefficient (Wildman–Crippen LogP) is 3.60. The van der Waals surface area contributed by atoms with Crippen LogP contribution < -0.4 is 0 Å². The van der Waals surface area contributed by atoms with E-state index in [2.05, 4.69) is 4.98 Å². The summed E-state index contributed by atoms with van der Waals surface area (Å²) in [6, 6.07) is 5.84. The Labute approximate surface area is 110 Å². The number of carboxylic acid groups (broad SMARTS) is 1. The van der Waals surface area contributed by atoms with Gasteiger partial charge in [0.2, 0.25) is 0 Å². The van der Waals surface area contributed by atoms with E-state index in [1.807, 2.05) is 32.0 Å². The maximum absolute atomic E-state index is 10.5. The third-order valence-corrected chi connectivity index (χ3v) is 3.12. The standard InChI is InChI=1S/C14H12ClNO2/c1-8-5-11-7-10(3-4-13(17)18)14(15)16-12(11)6-9(8)2/h3-7H,1-2H3,(H,17,18)/b4-3+. The number of hydrogen-bond donors (Lipinski definition) is 1. The molecule has 0 spiro atoms. The van der Waals surface area contributed by atoms with Gasteiger partial charge in [-0.15, -0.1) is 0 Å². The van der Waals surface area contributed by atoms with E-state index in [0.717, 1.165) is 22.5 Å². The molecule has 0 amide bonds. The van der Waals surface area contributed by atoms with Crippen molar-refractivity contribution in [2.75, 3.05) is 0 Å². The lowest BCUT2D eigenvalue weighted by molar-refractivity contribution is -0.131. The highest BCUT2D eigenvalue weighted by Crippen LogP contribution is 2.24. The largest absolute Gasteiger partial charge is 0.478 e. The molecule has 1 heterocycles. The zero-order valence-electron chi connectivity index (χ0n) is 10.1. The lowest BCUT2D eigenvalue weighted by Crippen LogP contribution is -1.90. The first-order chi connectivity index (χ1) is 8.47. The molecular weight excluding hydrogens is 250 g/mol. The van der Waals surface area contributed by atoms with E-state index in [0.29, 0.717) is 10.7 Å². The van der Waals surface area contributed by atoms with Crippen molar-refractivity contribution < 1.29 is 9.90 Å². The Balaban J connectivity index is 2.61. The molecule has 1 N–H and O–H groups in total. The lowest BCUT2D eigenvalue weighted by atomic mass is 10.0. The van der Waals surface area contributed by atoms with Gasteiger partial charge in [0.05, 0.1) is 5.52 Å². The average Bonchev–Trinajstić information content (AvgIpc) is 2.29. The van der Waals surface area contributed by atoms with Crippen molar-refractivity contribution in [2.45, 2.75) is 13.8 Å². The molecule has 4 heteroatoms. The third kappa shape index (κ3) is 2.51. The molecule has 1 aromatic carbocycles. The van der Waals surface area contributed by atoms with E-state index in [1.165, 1.54) is 11.6 Å². The van der Waals surface area contributed by atoms with Gasteiger partial charge in [-0.1, -0.05) is 11.6 Å². The summed E-state index contributed by atoms with van der Waals surface area (Å²) in [4.78, 5) is 14.8. The van der Waals surface area contributed by atoms with Crippen LogP contribution in [-0.4, -0.2) is 16.1 Å². The average molecular weight is 262 g/mol. The minimum atomic E-state index is -1.01. The molecule has 1 aromatic heterocycles. The SMILES string of the molecule is Cc1cc2cc(/C=C/C(=O)O)c(Cl)nc2cc1C. The van der Waals surface area contributed by atoms with Crippen LogP contribution in [0, 0.1) is 13.8 Å². The normalized spacial score (nSPS) is 11.3. The molecule has 0 unspecified atom stereocenters. The van der Waals surface area contributed by atoms with Crippen LogP contribution in [0.15, 0.2) is 24.3 Å². The molecule has 3 nitrogen and oxygen atoms in total. The van der Waals surface area contributed by atoms with Crippen LogP contribution in [0.2, 0.25) is 5.15 Å². The first kappa shape index (κ1) is 12.6. The van der Waals surface area contributed by atoms with Crippen molar-refractivity contribution in [2.24, 2.45) is 0 Å². The van der Waals surface area contributed by atoms with Crippen molar-refractivity contribution in [1.29, 1.82) is 0 Å². The Morgan fingerprint density at radius 2 is 1.94 bits per heavy atom. The first-order valence-electron chi connectivity index (χ1n) is 5.46. The number of carboxylic acids is 1. The van der Waals surface area contributed by atoms with Gasteiger partial charge < -0.3 is 5.11 Å². The maximum Gasteiger partial charge on any atom is 0.328 e. The van der Waals surface area contributed by atoms with Crippen LogP contribution in [0.25, 0.3) is 17.0 Å². The van der Waals surface area contributed by atoms with E-state index in [4.69, 9.17) is 16.7 Å². The number of hydrogen-bond acceptors (Lipinski definition) is 2. The summed E-state index contributed by atoms with van der Waals surface area (Å²) in [6.07, 6.45) is 2.50. The van der Waals surface area contributed by atoms with Crippen molar-refractivity contribution in [3.8, 4) is 0 Å². The van der Waals surface area contributed by atoms with Gasteiger partial charge in [-0.25, -0.2) is 9.78 Å². The van der Waals surface area contributed by atoms with Gasteiger partial charge in [-0.3, -0.25) is 0 Å². The molecule has 0 fully saturated rings. The van der Waals surface area contributed by atoms with E-state index in [-0.39, 0.29) is 0 Å². The second-order valence-corrected chi connectivity index (χ2v) is 4.53. The summed E-state index contributed by atoms with van der Waals surface area (Å²) in [7, 11) is 0. The number of pyridine rings is 1. The minimum absolute atomic E-state index is 0.309. The van der Waals surface area contributed by atoms with E-state index in [1.54, 1.807) is 0 Å². The highest BCUT2D eigenvalue weighted by Gasteiger charge is 2.05. The molecule has 0 saturated heterocycles. The Morgan fingerprint density at radius 1 is 1.28 bits per heavy atom. The van der Waals surface area contributed by atoms with Crippen molar-refractivity contribution in [3.63, 3.8) is 0 Å². The van der Waals surface area contributed by atoms with Crippen molar-refractivity contribution in [3.05, 3.63) is 46.1 Å². The fraction of sp³-hybridized carbons (Fsp3) is 0.143. The number of aromatic nitrogens is 1. The fourth-order valence-electron chi connectivity index (χ4n) is 1.71. The zero-order valence-corrected chi connectivity index (χ0v) is 10.8. The second-order valence-electron chi connectivity index (χ2n) is 4.17. The highest BCUT2D eigenvalue weighted by atomic mass is 35.5. The molecule has 0 aliphatic heterocycles. The maximum atomic E-state index is 10.5. The zero-order chi connectivity index (χ0) is 13.3. The summed E-state index contributed by atoms with van der Waals surface area (Å²) < 4.78 is 0. The monoisotopic (exact) mass is 261 g/mol. The minimum Gasteiger partial charge on any atom is -0.478 e. The number of aryl methyl sites for hydroxylation is 2. The van der Waals surface area contributed by atoms with Crippen LogP contribution in [0.4, 0.5) is 0 Å². The second kappa shape index (κ2) is 4.78. The van der Waals surface area contributed by atoms with Gasteiger partial charge in [0.15, 0.2) is 0 Å². The molecule has 0 bridgehead atoms. The van der Waals surface area contributed by atoms with E-state index >= 15 is 0 Å². The predicted molar refractivity (Wildman–Crippen MR) is 72.9 cm³/mol. The summed E-state index contributed by atoms with van der Waals surface area (Å²) in [5.41, 5.74) is 3.74. The quantitative estimate of drug-likeness (QED) is 0.664. The molecule has 0 aliphatic rings. The smallest absolute Gasteiger partial charge is 0.328 e. The lowest BCUT2D eigenvalue weighted by Gasteiger charge is -2.05. The molecule has 0 saturated carbocycles. The van der Waals surface area contributed by atoms with Crippen LogP contribution in [0.3, 0.4) is 0 Å². The fourth-order valence-corrected chi connectivity index (χ4v) is 1.92. The van der Waals surface area contributed by atoms with Crippen molar-refractivity contribution >= 4 is 34.5 Å². The number of aliphatic carboxylic acids is 1. The number of halogens is 1. The van der Waals surface area contributed by atoms with Gasteiger partial charge in [0, 0.05) is 17.0 Å². The molecule has 0 aliphatic carbocycles. The van der Waals surface area contributed by atoms with Gasteiger partial charge in [-0.2, -0.15) is 0 Å². The van der Waals surface area contributed by atoms with Crippen LogP contribution in [-0.2, 0) is 4.79 Å². The molecule has 92 valence electrons. The summed E-state index contributed by atoms with van der Waals surface area (Å²) in [5, 5.41) is 9.87. The Hall–Kier alpha value is -1.87. The summed E-state index contributed by atoms with van der Waals surface area (Å²) in [5.74, 6) is -1.01. The van der Waals surface area contributed by atoms with Gasteiger partial charge in [0.1, 0.15) is 5.15 Å². The van der Waals surface area contributed by atoms with E-state index in [9.17, 15) is 4.79 Å². The number of benzene rings is 1. The highest BCUT2D eigenvalue weighted by molar-refractivity contribution is 6.31. The van der Waals surface area contributed by atoms with Gasteiger partial charge >= 0.3 is 5.97 Å². The van der Waals surface area contributed by atoms with E-state index < -0.39 is 5.97 Å². The first-order valence-corrected chi connectivity index (χ1v) is 5.83. The summed E-state index contributed by atoms with van der Waals surface area (Å²) >= 11 is 6.02. The number of rotatable bonds is 2. The number of carbonyl (C=O) groups is 1. The number of fused-ring (bicyclic) bond motifs is 1. The summed E-state index contributed by atoms with van der Waals surface area (Å²) in [6.45, 7) is 4.04. The molecule has 0 atom stereocenters. The molecule has 2 aromatic rings. The Kier molecular flexibility index (Phi) is 3.34. The Morgan fingerprint density at radius 3 is 2.61 bits per heavy atom. The molecule has 2 rings (SSSR count). The van der Waals surface area contributed by atoms with Gasteiger partial charge in [-0.05, 0) is 49.2 Å². The molecule has 0 radical (unpaired) electrons. The van der Waals surface area contributed by atoms with Crippen molar-refractivity contribution in [1.82, 2.24) is 4.98 Å². The molecule has 18 heavy (non-hydrogen) atoms. The van der Waals surface area contributed by atoms with Crippen LogP contribution in [0.5, 0.6) is 0 Å². The Bertz CT molecular complexity index is 662. The third-order valence-electron chi connectivity index (χ3n) is 2.82. The van der Waals surface area contributed by atoms with Crippen LogP contribution >= 0.6 is 11.6 Å². The topological polar surface area (TPSA) is 50.2 Å². The number of nitrogens with zero attached hydrogens (tertiary/aromatic N) is 1. The van der Waals surface area contributed by atoms with Crippen LogP contribution in [0.1, 0.15) is 16.7 Å². The molecular formula is C14H12ClNO2. The van der Waals surface area contributed by atoms with Gasteiger partial charge in [0.25, 0.3) is 0 Å².